The maximum atomic E-state index is 13.6. The summed E-state index contributed by atoms with van der Waals surface area (Å²) in [6.07, 6.45) is 4.34. The first-order chi connectivity index (χ1) is 15.5. The zero-order valence-electron chi connectivity index (χ0n) is 18.4. The number of nitrogens with one attached hydrogen (secondary N) is 1. The minimum absolute atomic E-state index is 0.131. The Morgan fingerprint density at radius 3 is 2.50 bits per heavy atom. The van der Waals surface area contributed by atoms with E-state index in [-0.39, 0.29) is 24.3 Å². The first-order valence-electron chi connectivity index (χ1n) is 10.9. The number of benzene rings is 1. The van der Waals surface area contributed by atoms with Gasteiger partial charge in [0.15, 0.2) is 6.04 Å². The summed E-state index contributed by atoms with van der Waals surface area (Å²) in [4.78, 5) is 29.7. The summed E-state index contributed by atoms with van der Waals surface area (Å²) in [7, 11) is 1.60. The Morgan fingerprint density at radius 2 is 1.91 bits per heavy atom. The molecule has 0 saturated heterocycles. The molecule has 168 valence electrons. The second kappa shape index (κ2) is 10.0. The van der Waals surface area contributed by atoms with E-state index in [9.17, 15) is 9.59 Å². The van der Waals surface area contributed by atoms with Crippen molar-refractivity contribution in [1.82, 2.24) is 5.32 Å². The predicted octanol–water partition coefficient (Wildman–Crippen LogP) is 5.03. The Kier molecular flexibility index (Phi) is 6.95. The van der Waals surface area contributed by atoms with Crippen LogP contribution in [0.25, 0.3) is 0 Å². The fraction of sp³-hybridized carbons (Fsp3) is 0.360. The summed E-state index contributed by atoms with van der Waals surface area (Å²) >= 11 is 1.52. The van der Waals surface area contributed by atoms with Crippen LogP contribution in [0, 0.1) is 6.92 Å². The molecule has 4 rings (SSSR count). The maximum absolute atomic E-state index is 13.6. The van der Waals surface area contributed by atoms with E-state index in [0.717, 1.165) is 30.6 Å². The van der Waals surface area contributed by atoms with Crippen molar-refractivity contribution < 1.29 is 18.7 Å². The standard InChI is InChI=1S/C25H28N2O4S/c1-17-9-14-22(31-17)24(25(29)26-18-6-3-4-7-18)27(19-10-12-20(30-2)13-11-19)23(28)16-21-8-5-15-32-21/h5,8-15,18,24H,3-4,6-7,16H2,1-2H3,(H,26,29)/t24-/m1/s1. The summed E-state index contributed by atoms with van der Waals surface area (Å²) in [5, 5.41) is 5.10. The maximum Gasteiger partial charge on any atom is 0.251 e. The number of anilines is 1. The average Bonchev–Trinajstić information content (AvgIpc) is 3.56. The summed E-state index contributed by atoms with van der Waals surface area (Å²) in [5.74, 6) is 1.44. The zero-order valence-corrected chi connectivity index (χ0v) is 19.2. The van der Waals surface area contributed by atoms with E-state index in [1.54, 1.807) is 42.3 Å². The molecule has 1 N–H and O–H groups in total. The van der Waals surface area contributed by atoms with Crippen molar-refractivity contribution in [2.24, 2.45) is 0 Å². The molecule has 1 aliphatic carbocycles. The quantitative estimate of drug-likeness (QED) is 0.520. The molecule has 7 heteroatoms. The molecule has 1 aromatic carbocycles. The van der Waals surface area contributed by atoms with Crippen molar-refractivity contribution >= 4 is 28.8 Å². The molecule has 0 bridgehead atoms. The molecule has 1 atom stereocenters. The van der Waals surface area contributed by atoms with E-state index in [1.807, 2.05) is 30.5 Å². The van der Waals surface area contributed by atoms with Crippen LogP contribution in [-0.2, 0) is 16.0 Å². The number of amides is 2. The summed E-state index contributed by atoms with van der Waals surface area (Å²) in [5.41, 5.74) is 0.619. The van der Waals surface area contributed by atoms with E-state index >= 15 is 0 Å². The number of carbonyl (C=O) groups excluding carboxylic acids is 2. The second-order valence-electron chi connectivity index (χ2n) is 8.06. The highest BCUT2D eigenvalue weighted by Gasteiger charge is 2.36. The number of aryl methyl sites for hydroxylation is 1. The number of nitrogens with zero attached hydrogens (tertiary/aromatic N) is 1. The first kappa shape index (κ1) is 22.1. The highest BCUT2D eigenvalue weighted by molar-refractivity contribution is 7.10. The van der Waals surface area contributed by atoms with E-state index in [0.29, 0.717) is 23.0 Å². The molecule has 3 aromatic rings. The summed E-state index contributed by atoms with van der Waals surface area (Å²) in [6.45, 7) is 1.83. The Hall–Kier alpha value is -3.06. The van der Waals surface area contributed by atoms with Crippen molar-refractivity contribution in [3.8, 4) is 5.75 Å². The third-order valence-corrected chi connectivity index (χ3v) is 6.64. The Balaban J connectivity index is 1.73. The van der Waals surface area contributed by atoms with Crippen LogP contribution < -0.4 is 15.0 Å². The number of hydrogen-bond acceptors (Lipinski definition) is 5. The molecule has 32 heavy (non-hydrogen) atoms. The lowest BCUT2D eigenvalue weighted by atomic mass is 10.1. The number of hydrogen-bond donors (Lipinski definition) is 1. The molecule has 0 aliphatic heterocycles. The van der Waals surface area contributed by atoms with Crippen LogP contribution in [0.15, 0.2) is 58.3 Å². The molecule has 1 fully saturated rings. The highest BCUT2D eigenvalue weighted by Crippen LogP contribution is 2.32. The van der Waals surface area contributed by atoms with Gasteiger partial charge >= 0.3 is 0 Å². The molecule has 1 aliphatic rings. The van der Waals surface area contributed by atoms with Crippen LogP contribution >= 0.6 is 11.3 Å². The smallest absolute Gasteiger partial charge is 0.251 e. The predicted molar refractivity (Wildman–Crippen MR) is 125 cm³/mol. The lowest BCUT2D eigenvalue weighted by molar-refractivity contribution is -0.127. The zero-order chi connectivity index (χ0) is 22.5. The van der Waals surface area contributed by atoms with Gasteiger partial charge < -0.3 is 14.5 Å². The van der Waals surface area contributed by atoms with Crippen LogP contribution in [0.4, 0.5) is 5.69 Å². The molecule has 6 nitrogen and oxygen atoms in total. The van der Waals surface area contributed by atoms with Gasteiger partial charge in [-0.1, -0.05) is 18.9 Å². The number of furan rings is 1. The van der Waals surface area contributed by atoms with Crippen molar-refractivity contribution in [2.45, 2.75) is 51.1 Å². The molecular weight excluding hydrogens is 424 g/mol. The fourth-order valence-corrected chi connectivity index (χ4v) is 4.85. The summed E-state index contributed by atoms with van der Waals surface area (Å²) < 4.78 is 11.2. The van der Waals surface area contributed by atoms with Gasteiger partial charge in [-0.25, -0.2) is 0 Å². The molecule has 0 unspecified atom stereocenters. The highest BCUT2D eigenvalue weighted by atomic mass is 32.1. The molecule has 1 saturated carbocycles. The molecule has 2 aromatic heterocycles. The average molecular weight is 453 g/mol. The Labute approximate surface area is 192 Å². The number of rotatable bonds is 8. The lowest BCUT2D eigenvalue weighted by Gasteiger charge is -2.31. The third-order valence-electron chi connectivity index (χ3n) is 5.76. The number of carbonyl (C=O) groups is 2. The van der Waals surface area contributed by atoms with E-state index in [4.69, 9.17) is 9.15 Å². The van der Waals surface area contributed by atoms with E-state index in [2.05, 4.69) is 5.32 Å². The molecule has 0 radical (unpaired) electrons. The van der Waals surface area contributed by atoms with Crippen LogP contribution in [0.1, 0.15) is 48.1 Å². The molecule has 2 heterocycles. The largest absolute Gasteiger partial charge is 0.497 e. The molecule has 2 amide bonds. The SMILES string of the molecule is COc1ccc(N(C(=O)Cc2cccs2)[C@@H](C(=O)NC2CCCC2)c2ccc(C)o2)cc1. The van der Waals surface area contributed by atoms with E-state index in [1.165, 1.54) is 11.3 Å². The van der Waals surface area contributed by atoms with Crippen LogP contribution in [0.3, 0.4) is 0 Å². The lowest BCUT2D eigenvalue weighted by Crippen LogP contribution is -2.46. The normalized spacial score (nSPS) is 14.8. The van der Waals surface area contributed by atoms with Gasteiger partial charge in [0.1, 0.15) is 17.3 Å². The number of ether oxygens (including phenoxy) is 1. The van der Waals surface area contributed by atoms with Crippen LogP contribution in [-0.4, -0.2) is 25.0 Å². The number of methoxy groups -OCH3 is 1. The minimum Gasteiger partial charge on any atom is -0.497 e. The first-order valence-corrected chi connectivity index (χ1v) is 11.8. The van der Waals surface area contributed by atoms with Gasteiger partial charge in [0, 0.05) is 16.6 Å². The third kappa shape index (κ3) is 5.05. The van der Waals surface area contributed by atoms with Crippen LogP contribution in [0.2, 0.25) is 0 Å². The van der Waals surface area contributed by atoms with Gasteiger partial charge in [-0.3, -0.25) is 14.5 Å². The minimum atomic E-state index is -0.898. The van der Waals surface area contributed by atoms with E-state index < -0.39 is 6.04 Å². The van der Waals surface area contributed by atoms with Gasteiger partial charge in [0.05, 0.1) is 13.5 Å². The van der Waals surface area contributed by atoms with Crippen molar-refractivity contribution in [2.75, 3.05) is 12.0 Å². The fourth-order valence-electron chi connectivity index (χ4n) is 4.15. The van der Waals surface area contributed by atoms with Gasteiger partial charge in [0.2, 0.25) is 5.91 Å². The van der Waals surface area contributed by atoms with Crippen molar-refractivity contribution in [3.05, 3.63) is 70.3 Å². The monoisotopic (exact) mass is 452 g/mol. The molecular formula is C25H28N2O4S. The van der Waals surface area contributed by atoms with Gasteiger partial charge in [0.25, 0.3) is 5.91 Å². The topological polar surface area (TPSA) is 71.8 Å². The van der Waals surface area contributed by atoms with Crippen LogP contribution in [0.5, 0.6) is 5.75 Å². The Morgan fingerprint density at radius 1 is 1.16 bits per heavy atom. The Bertz CT molecular complexity index is 1040. The second-order valence-corrected chi connectivity index (χ2v) is 9.09. The van der Waals surface area contributed by atoms with Gasteiger partial charge in [-0.2, -0.15) is 0 Å². The van der Waals surface area contributed by atoms with Gasteiger partial charge in [-0.05, 0) is 67.6 Å². The number of thiophene rings is 1. The van der Waals surface area contributed by atoms with Crippen molar-refractivity contribution in [3.63, 3.8) is 0 Å². The van der Waals surface area contributed by atoms with Gasteiger partial charge in [-0.15, -0.1) is 11.3 Å². The van der Waals surface area contributed by atoms with Crippen molar-refractivity contribution in [1.29, 1.82) is 0 Å². The summed E-state index contributed by atoms with van der Waals surface area (Å²) in [6, 6.07) is 13.9. The molecule has 0 spiro atoms.